The van der Waals surface area contributed by atoms with Gasteiger partial charge in [-0.3, -0.25) is 0 Å². The molecule has 12 heavy (non-hydrogen) atoms. The molecule has 0 rings (SSSR count). The Hall–Kier alpha value is -0.500. The predicted octanol–water partition coefficient (Wildman–Crippen LogP) is 3.68. The van der Waals surface area contributed by atoms with E-state index >= 15 is 0 Å². The minimum Gasteiger partial charge on any atom is -0.501 e. The van der Waals surface area contributed by atoms with Crippen LogP contribution in [-0.2, 0) is 4.74 Å². The standard InChI is InChI=1S/C7H11BrO.C3H6/c1-6(5-8)4-7(2)9-3;1-3-2/h4H,1,5H2,2-3H3;3H,1H2,2H3/b7-4+;. The van der Waals surface area contributed by atoms with Crippen molar-refractivity contribution in [3.63, 3.8) is 0 Å². The van der Waals surface area contributed by atoms with E-state index in [-0.39, 0.29) is 0 Å². The lowest BCUT2D eigenvalue weighted by Crippen LogP contribution is -1.81. The van der Waals surface area contributed by atoms with Crippen molar-refractivity contribution in [2.75, 3.05) is 12.4 Å². The molecule has 0 bridgehead atoms. The first kappa shape index (κ1) is 14.0. The molecule has 0 heterocycles. The van der Waals surface area contributed by atoms with Crippen molar-refractivity contribution in [2.45, 2.75) is 13.8 Å². The number of alkyl halides is 1. The van der Waals surface area contributed by atoms with Crippen LogP contribution in [0.3, 0.4) is 0 Å². The lowest BCUT2D eigenvalue weighted by molar-refractivity contribution is 0.293. The molecule has 0 aliphatic rings. The molecular formula is C10H17BrO. The number of methoxy groups -OCH3 is 1. The Balaban J connectivity index is 0. The van der Waals surface area contributed by atoms with E-state index in [9.17, 15) is 0 Å². The summed E-state index contributed by atoms with van der Waals surface area (Å²) in [6.45, 7) is 10.9. The summed E-state index contributed by atoms with van der Waals surface area (Å²) in [4.78, 5) is 0. The molecule has 0 saturated carbocycles. The van der Waals surface area contributed by atoms with Gasteiger partial charge in [-0.05, 0) is 25.5 Å². The zero-order chi connectivity index (χ0) is 9.98. The minimum absolute atomic E-state index is 0.799. The van der Waals surface area contributed by atoms with Crippen LogP contribution in [0.4, 0.5) is 0 Å². The first-order valence-corrected chi connectivity index (χ1v) is 4.77. The normalized spacial score (nSPS) is 9.50. The van der Waals surface area contributed by atoms with E-state index in [4.69, 9.17) is 4.74 Å². The maximum atomic E-state index is 4.90. The lowest BCUT2D eigenvalue weighted by atomic mass is 10.3. The predicted molar refractivity (Wildman–Crippen MR) is 59.6 cm³/mol. The molecule has 0 amide bonds. The van der Waals surface area contributed by atoms with Gasteiger partial charge in [0.25, 0.3) is 0 Å². The van der Waals surface area contributed by atoms with Gasteiger partial charge in [-0.2, -0.15) is 0 Å². The second-order valence-electron chi connectivity index (χ2n) is 2.16. The third-order valence-electron chi connectivity index (χ3n) is 0.901. The van der Waals surface area contributed by atoms with Crippen LogP contribution < -0.4 is 0 Å². The highest BCUT2D eigenvalue weighted by atomic mass is 79.9. The zero-order valence-corrected chi connectivity index (χ0v) is 9.65. The monoisotopic (exact) mass is 232 g/mol. The smallest absolute Gasteiger partial charge is 0.0927 e. The van der Waals surface area contributed by atoms with Gasteiger partial charge in [0.1, 0.15) is 0 Å². The van der Waals surface area contributed by atoms with E-state index < -0.39 is 0 Å². The molecule has 0 aromatic carbocycles. The fourth-order valence-electron chi connectivity index (χ4n) is 0.385. The zero-order valence-electron chi connectivity index (χ0n) is 8.06. The average molecular weight is 233 g/mol. The first-order chi connectivity index (χ1) is 5.62. The van der Waals surface area contributed by atoms with Crippen LogP contribution in [-0.4, -0.2) is 12.4 Å². The highest BCUT2D eigenvalue weighted by Gasteiger charge is 1.86. The number of allylic oxidation sites excluding steroid dienone is 4. The lowest BCUT2D eigenvalue weighted by Gasteiger charge is -1.97. The van der Waals surface area contributed by atoms with Gasteiger partial charge < -0.3 is 4.74 Å². The number of rotatable bonds is 3. The molecule has 1 nitrogen and oxygen atoms in total. The number of hydrogen-bond acceptors (Lipinski definition) is 1. The fourth-order valence-corrected chi connectivity index (χ4v) is 0.547. The maximum Gasteiger partial charge on any atom is 0.0927 e. The highest BCUT2D eigenvalue weighted by Crippen LogP contribution is 2.02. The van der Waals surface area contributed by atoms with Gasteiger partial charge in [0.2, 0.25) is 0 Å². The van der Waals surface area contributed by atoms with Crippen LogP contribution in [0.25, 0.3) is 0 Å². The van der Waals surface area contributed by atoms with Gasteiger partial charge in [0.05, 0.1) is 12.9 Å². The SMILES string of the molecule is C=C(/C=C(\C)OC)CBr.C=CC. The molecule has 70 valence electrons. The van der Waals surface area contributed by atoms with Gasteiger partial charge in [-0.1, -0.05) is 28.6 Å². The van der Waals surface area contributed by atoms with E-state index in [0.717, 1.165) is 16.7 Å². The van der Waals surface area contributed by atoms with Crippen LogP contribution in [0.1, 0.15) is 13.8 Å². The van der Waals surface area contributed by atoms with Gasteiger partial charge in [0, 0.05) is 5.33 Å². The Kier molecular flexibility index (Phi) is 12.3. The Morgan fingerprint density at radius 2 is 2.00 bits per heavy atom. The van der Waals surface area contributed by atoms with Crippen molar-refractivity contribution in [1.29, 1.82) is 0 Å². The number of ether oxygens (including phenoxy) is 1. The summed E-state index contributed by atoms with van der Waals surface area (Å²) in [5, 5.41) is 0.799. The molecule has 0 aromatic rings. The van der Waals surface area contributed by atoms with Crippen molar-refractivity contribution in [2.24, 2.45) is 0 Å². The van der Waals surface area contributed by atoms with E-state index in [1.807, 2.05) is 19.9 Å². The molecule has 0 aromatic heterocycles. The fraction of sp³-hybridized carbons (Fsp3) is 0.400. The van der Waals surface area contributed by atoms with E-state index in [0.29, 0.717) is 0 Å². The molecule has 0 spiro atoms. The van der Waals surface area contributed by atoms with Gasteiger partial charge in [-0.25, -0.2) is 0 Å². The third-order valence-corrected chi connectivity index (χ3v) is 1.62. The van der Waals surface area contributed by atoms with Crippen LogP contribution in [0.15, 0.2) is 36.6 Å². The number of halogens is 1. The molecule has 0 aliphatic carbocycles. The first-order valence-electron chi connectivity index (χ1n) is 3.65. The van der Waals surface area contributed by atoms with Gasteiger partial charge >= 0.3 is 0 Å². The Bertz CT molecular complexity index is 159. The van der Waals surface area contributed by atoms with Crippen molar-refractivity contribution in [3.8, 4) is 0 Å². The van der Waals surface area contributed by atoms with Crippen molar-refractivity contribution in [3.05, 3.63) is 36.6 Å². The summed E-state index contributed by atoms with van der Waals surface area (Å²) >= 11 is 3.27. The Labute approximate surface area is 83.9 Å². The van der Waals surface area contributed by atoms with Gasteiger partial charge in [-0.15, -0.1) is 6.58 Å². The molecule has 0 aliphatic heterocycles. The van der Waals surface area contributed by atoms with Crippen LogP contribution >= 0.6 is 15.9 Å². The number of hydrogen-bond donors (Lipinski definition) is 0. The van der Waals surface area contributed by atoms with E-state index in [2.05, 4.69) is 29.1 Å². The summed E-state index contributed by atoms with van der Waals surface area (Å²) in [6.07, 6.45) is 3.65. The van der Waals surface area contributed by atoms with Crippen LogP contribution in [0, 0.1) is 0 Å². The summed E-state index contributed by atoms with van der Waals surface area (Å²) in [6, 6.07) is 0. The van der Waals surface area contributed by atoms with Crippen molar-refractivity contribution in [1.82, 2.24) is 0 Å². The highest BCUT2D eigenvalue weighted by molar-refractivity contribution is 9.09. The molecule has 0 unspecified atom stereocenters. The molecule has 0 fully saturated rings. The Morgan fingerprint density at radius 1 is 1.58 bits per heavy atom. The molecular weight excluding hydrogens is 216 g/mol. The van der Waals surface area contributed by atoms with Crippen LogP contribution in [0.2, 0.25) is 0 Å². The summed E-state index contributed by atoms with van der Waals surface area (Å²) < 4.78 is 4.90. The van der Waals surface area contributed by atoms with E-state index in [1.165, 1.54) is 0 Å². The van der Waals surface area contributed by atoms with Crippen molar-refractivity contribution >= 4 is 15.9 Å². The molecule has 0 atom stereocenters. The van der Waals surface area contributed by atoms with Crippen molar-refractivity contribution < 1.29 is 4.74 Å². The van der Waals surface area contributed by atoms with Crippen LogP contribution in [0.5, 0.6) is 0 Å². The maximum absolute atomic E-state index is 4.90. The molecule has 0 radical (unpaired) electrons. The summed E-state index contributed by atoms with van der Waals surface area (Å²) in [7, 11) is 1.65. The largest absolute Gasteiger partial charge is 0.501 e. The summed E-state index contributed by atoms with van der Waals surface area (Å²) in [5.41, 5.74) is 1.02. The van der Waals surface area contributed by atoms with E-state index in [1.54, 1.807) is 13.2 Å². The van der Waals surface area contributed by atoms with Gasteiger partial charge in [0.15, 0.2) is 0 Å². The topological polar surface area (TPSA) is 9.23 Å². The molecule has 0 saturated heterocycles. The quantitative estimate of drug-likeness (QED) is 0.312. The second kappa shape index (κ2) is 10.5. The minimum atomic E-state index is 0.799. The molecule has 2 heteroatoms. The third kappa shape index (κ3) is 12.2. The Morgan fingerprint density at radius 3 is 2.25 bits per heavy atom. The molecule has 0 N–H and O–H groups in total. The summed E-state index contributed by atoms with van der Waals surface area (Å²) in [5.74, 6) is 0.888. The average Bonchev–Trinajstić information content (AvgIpc) is 2.05. The second-order valence-corrected chi connectivity index (χ2v) is 2.72.